The lowest BCUT2D eigenvalue weighted by atomic mass is 9.95. The monoisotopic (exact) mass is 357 g/mol. The summed E-state index contributed by atoms with van der Waals surface area (Å²) in [6, 6.07) is 11.8. The van der Waals surface area contributed by atoms with Crippen LogP contribution in [0.4, 0.5) is 5.82 Å². The van der Waals surface area contributed by atoms with Crippen molar-refractivity contribution < 1.29 is 9.90 Å². The van der Waals surface area contributed by atoms with Gasteiger partial charge in [-0.05, 0) is 17.2 Å². The van der Waals surface area contributed by atoms with Crippen LogP contribution in [0.5, 0.6) is 0 Å². The van der Waals surface area contributed by atoms with Crippen LogP contribution in [-0.2, 0) is 0 Å². The molecule has 27 heavy (non-hydrogen) atoms. The number of hydrogen-bond acceptors (Lipinski definition) is 6. The minimum atomic E-state index is -1.09. The van der Waals surface area contributed by atoms with Gasteiger partial charge >= 0.3 is 5.97 Å². The molecular weight excluding hydrogens is 346 g/mol. The molecule has 0 aliphatic rings. The van der Waals surface area contributed by atoms with Crippen molar-refractivity contribution in [1.82, 2.24) is 9.97 Å². The van der Waals surface area contributed by atoms with Gasteiger partial charge in [0.25, 0.3) is 5.56 Å². The minimum Gasteiger partial charge on any atom is -0.478 e. The molecule has 0 unspecified atom stereocenters. The smallest absolute Gasteiger partial charge is 0.337 e. The van der Waals surface area contributed by atoms with Gasteiger partial charge in [-0.15, -0.1) is 0 Å². The van der Waals surface area contributed by atoms with E-state index in [1.807, 2.05) is 6.07 Å². The first-order chi connectivity index (χ1) is 13.0. The van der Waals surface area contributed by atoms with Crippen LogP contribution < -0.4 is 11.3 Å². The Kier molecular flexibility index (Phi) is 4.40. The molecule has 0 aliphatic heterocycles. The van der Waals surface area contributed by atoms with E-state index < -0.39 is 11.5 Å². The van der Waals surface area contributed by atoms with Crippen LogP contribution in [0.1, 0.15) is 21.5 Å². The highest BCUT2D eigenvalue weighted by atomic mass is 16.4. The van der Waals surface area contributed by atoms with Crippen LogP contribution in [0, 0.1) is 22.7 Å². The number of rotatable bonds is 3. The van der Waals surface area contributed by atoms with Crippen molar-refractivity contribution in [2.45, 2.75) is 0 Å². The second-order valence-electron chi connectivity index (χ2n) is 5.56. The number of carbonyl (C=O) groups is 1. The summed E-state index contributed by atoms with van der Waals surface area (Å²) in [7, 11) is 0. The Morgan fingerprint density at radius 3 is 2.26 bits per heavy atom. The minimum absolute atomic E-state index is 0.00782. The van der Waals surface area contributed by atoms with Crippen molar-refractivity contribution in [3.05, 3.63) is 69.8 Å². The normalized spacial score (nSPS) is 10.0. The van der Waals surface area contributed by atoms with E-state index in [-0.39, 0.29) is 28.1 Å². The van der Waals surface area contributed by atoms with Crippen LogP contribution in [0.15, 0.2) is 47.5 Å². The Balaban J connectivity index is 2.14. The quantitative estimate of drug-likeness (QED) is 0.648. The number of carboxylic acid groups (broad SMARTS) is 1. The topological polar surface area (TPSA) is 157 Å². The molecule has 3 aromatic rings. The molecule has 2 aromatic heterocycles. The molecule has 8 nitrogen and oxygen atoms in total. The molecule has 4 N–H and O–H groups in total. The lowest BCUT2D eigenvalue weighted by molar-refractivity contribution is 0.0696. The number of carboxylic acids is 1. The molecule has 130 valence electrons. The van der Waals surface area contributed by atoms with Crippen molar-refractivity contribution in [1.29, 1.82) is 10.5 Å². The Hall–Kier alpha value is -4.43. The molecule has 1 aromatic carbocycles. The van der Waals surface area contributed by atoms with Crippen LogP contribution >= 0.6 is 0 Å². The second-order valence-corrected chi connectivity index (χ2v) is 5.56. The van der Waals surface area contributed by atoms with E-state index in [0.717, 1.165) is 0 Å². The van der Waals surface area contributed by atoms with Gasteiger partial charge in [0.05, 0.1) is 5.56 Å². The van der Waals surface area contributed by atoms with Crippen molar-refractivity contribution in [3.63, 3.8) is 0 Å². The molecule has 0 spiro atoms. The maximum absolute atomic E-state index is 12.0. The molecular formula is C19H11N5O3. The number of aromatic nitrogens is 2. The van der Waals surface area contributed by atoms with Gasteiger partial charge in [0.1, 0.15) is 29.1 Å². The largest absolute Gasteiger partial charge is 0.478 e. The molecule has 0 fully saturated rings. The fourth-order valence-corrected chi connectivity index (χ4v) is 2.68. The fraction of sp³-hybridized carbons (Fsp3) is 0. The molecule has 0 amide bonds. The van der Waals surface area contributed by atoms with Gasteiger partial charge in [-0.25, -0.2) is 4.79 Å². The molecule has 0 aliphatic carbocycles. The van der Waals surface area contributed by atoms with Crippen molar-refractivity contribution >= 4 is 11.8 Å². The summed E-state index contributed by atoms with van der Waals surface area (Å²) in [6.45, 7) is 0. The van der Waals surface area contributed by atoms with Crippen molar-refractivity contribution in [2.24, 2.45) is 0 Å². The number of benzene rings is 1. The van der Waals surface area contributed by atoms with Crippen LogP contribution in [0.25, 0.3) is 22.3 Å². The number of nitrogen functional groups attached to an aromatic ring is 1. The maximum atomic E-state index is 12.0. The Morgan fingerprint density at radius 1 is 1.04 bits per heavy atom. The van der Waals surface area contributed by atoms with E-state index in [2.05, 4.69) is 9.97 Å². The highest BCUT2D eigenvalue weighted by molar-refractivity contribution is 5.89. The Bertz CT molecular complexity index is 1200. The summed E-state index contributed by atoms with van der Waals surface area (Å²) in [5.41, 5.74) is 6.79. The molecule has 0 bridgehead atoms. The molecule has 0 saturated carbocycles. The fourth-order valence-electron chi connectivity index (χ4n) is 2.68. The zero-order chi connectivity index (χ0) is 19.6. The first-order valence-electron chi connectivity index (χ1n) is 7.61. The lowest BCUT2D eigenvalue weighted by Gasteiger charge is -2.10. The third-order valence-corrected chi connectivity index (χ3v) is 3.96. The van der Waals surface area contributed by atoms with Crippen molar-refractivity contribution in [2.75, 3.05) is 5.73 Å². The summed E-state index contributed by atoms with van der Waals surface area (Å²) in [5, 5.41) is 27.7. The number of nitrogens with two attached hydrogens (primary N) is 1. The SMILES string of the molecule is N#Cc1c(N)[nH]c(=O)c(C#N)c1-c1ccc(-c2cncc(C(=O)O)c2)cc1. The van der Waals surface area contributed by atoms with Crippen LogP contribution in [0.3, 0.4) is 0 Å². The highest BCUT2D eigenvalue weighted by Crippen LogP contribution is 2.30. The average molecular weight is 357 g/mol. The predicted molar refractivity (Wildman–Crippen MR) is 96.5 cm³/mol. The van der Waals surface area contributed by atoms with E-state index in [1.54, 1.807) is 30.3 Å². The number of nitriles is 2. The van der Waals surface area contributed by atoms with Gasteiger partial charge in [0.2, 0.25) is 0 Å². The van der Waals surface area contributed by atoms with Gasteiger partial charge in [-0.3, -0.25) is 9.78 Å². The molecule has 0 atom stereocenters. The van der Waals surface area contributed by atoms with E-state index in [9.17, 15) is 20.1 Å². The summed E-state index contributed by atoms with van der Waals surface area (Å²) in [4.78, 5) is 29.3. The highest BCUT2D eigenvalue weighted by Gasteiger charge is 2.18. The number of nitrogens with one attached hydrogen (secondary N) is 1. The number of pyridine rings is 2. The van der Waals surface area contributed by atoms with Gasteiger partial charge in [-0.2, -0.15) is 10.5 Å². The number of aromatic amines is 1. The first-order valence-corrected chi connectivity index (χ1v) is 7.61. The van der Waals surface area contributed by atoms with Crippen molar-refractivity contribution in [3.8, 4) is 34.4 Å². The maximum Gasteiger partial charge on any atom is 0.337 e. The third-order valence-electron chi connectivity index (χ3n) is 3.96. The average Bonchev–Trinajstić information content (AvgIpc) is 2.67. The number of hydrogen-bond donors (Lipinski definition) is 3. The molecule has 0 radical (unpaired) electrons. The molecule has 8 heteroatoms. The predicted octanol–water partition coefficient (Wildman–Crippen LogP) is 2.13. The summed E-state index contributed by atoms with van der Waals surface area (Å²) in [5.74, 6) is -1.20. The first kappa shape index (κ1) is 17.4. The van der Waals surface area contributed by atoms with E-state index in [4.69, 9.17) is 10.8 Å². The molecule has 3 rings (SSSR count). The Labute approximate surface area is 152 Å². The van der Waals surface area contributed by atoms with E-state index >= 15 is 0 Å². The summed E-state index contributed by atoms with van der Waals surface area (Å²) >= 11 is 0. The Morgan fingerprint density at radius 2 is 1.67 bits per heavy atom. The lowest BCUT2D eigenvalue weighted by Crippen LogP contribution is -2.16. The number of nitrogens with zero attached hydrogens (tertiary/aromatic N) is 3. The number of H-pyrrole nitrogens is 1. The van der Waals surface area contributed by atoms with Crippen LogP contribution in [0.2, 0.25) is 0 Å². The second kappa shape index (κ2) is 6.82. The third kappa shape index (κ3) is 3.11. The summed E-state index contributed by atoms with van der Waals surface area (Å²) < 4.78 is 0. The van der Waals surface area contributed by atoms with E-state index in [1.165, 1.54) is 18.5 Å². The van der Waals surface area contributed by atoms with Gasteiger partial charge in [0.15, 0.2) is 0 Å². The zero-order valence-electron chi connectivity index (χ0n) is 13.7. The number of aromatic carboxylic acids is 1. The summed E-state index contributed by atoms with van der Waals surface area (Å²) in [6.07, 6.45) is 2.77. The van der Waals surface area contributed by atoms with Crippen LogP contribution in [-0.4, -0.2) is 21.0 Å². The van der Waals surface area contributed by atoms with Gasteiger partial charge in [0, 0.05) is 23.5 Å². The molecule has 0 saturated heterocycles. The van der Waals surface area contributed by atoms with Gasteiger partial charge < -0.3 is 15.8 Å². The van der Waals surface area contributed by atoms with E-state index in [0.29, 0.717) is 16.7 Å². The molecule has 2 heterocycles. The number of anilines is 1. The zero-order valence-corrected chi connectivity index (χ0v) is 13.7. The van der Waals surface area contributed by atoms with Gasteiger partial charge in [-0.1, -0.05) is 24.3 Å². The standard InChI is InChI=1S/C19H11N5O3/c20-6-14-16(15(7-21)18(25)24-17(14)22)11-3-1-10(2-4-11)12-5-13(19(26)27)9-23-8-12/h1-5,8-9H,(H,26,27)(H3,22,24,25).